The van der Waals surface area contributed by atoms with E-state index in [1.54, 1.807) is 0 Å². The third-order valence-corrected chi connectivity index (χ3v) is 7.48. The van der Waals surface area contributed by atoms with Crippen LogP contribution < -0.4 is 0 Å². The fraction of sp³-hybridized carbons (Fsp3) is 0.636. The van der Waals surface area contributed by atoms with Gasteiger partial charge >= 0.3 is 0 Å². The van der Waals surface area contributed by atoms with Gasteiger partial charge in [-0.05, 0) is 56.1 Å². The summed E-state index contributed by atoms with van der Waals surface area (Å²) in [6.45, 7) is 6.02. The van der Waals surface area contributed by atoms with E-state index in [-0.39, 0.29) is 11.8 Å². The number of nitrogens with zero attached hydrogens (tertiary/aromatic N) is 3. The first-order valence-corrected chi connectivity index (χ1v) is 10.2. The third-order valence-electron chi connectivity index (χ3n) is 7.48. The minimum Gasteiger partial charge on any atom is -0.390 e. The smallest absolute Gasteiger partial charge is 0.225 e. The summed E-state index contributed by atoms with van der Waals surface area (Å²) in [4.78, 5) is 14.5. The summed E-state index contributed by atoms with van der Waals surface area (Å²) in [5, 5.41) is 15.4. The molecule has 1 aromatic heterocycles. The van der Waals surface area contributed by atoms with Crippen LogP contribution in [0.1, 0.15) is 51.0 Å². The van der Waals surface area contributed by atoms with Gasteiger partial charge in [0.1, 0.15) is 0 Å². The molecule has 2 saturated carbocycles. The lowest BCUT2D eigenvalue weighted by Crippen LogP contribution is -2.66. The molecule has 2 heterocycles. The number of amides is 1. The summed E-state index contributed by atoms with van der Waals surface area (Å²) < 4.78 is 1.95. The van der Waals surface area contributed by atoms with E-state index in [0.29, 0.717) is 30.1 Å². The molecule has 144 valence electrons. The molecule has 1 amide bonds. The average molecular weight is 367 g/mol. The van der Waals surface area contributed by atoms with Crippen LogP contribution in [0.4, 0.5) is 0 Å². The first kappa shape index (κ1) is 17.2. The summed E-state index contributed by atoms with van der Waals surface area (Å²) >= 11 is 0. The van der Waals surface area contributed by atoms with E-state index in [9.17, 15) is 9.90 Å². The van der Waals surface area contributed by atoms with Crippen molar-refractivity contribution in [2.24, 2.45) is 24.3 Å². The molecule has 1 aromatic carbocycles. The number of fused-ring (bicyclic) bond motifs is 1. The summed E-state index contributed by atoms with van der Waals surface area (Å²) in [6.07, 6.45) is 5.63. The van der Waals surface area contributed by atoms with Crippen molar-refractivity contribution in [1.29, 1.82) is 0 Å². The number of carbonyl (C=O) groups excluding carboxylic acids is 1. The zero-order valence-corrected chi connectivity index (χ0v) is 16.5. The van der Waals surface area contributed by atoms with Crippen LogP contribution in [0.15, 0.2) is 24.4 Å². The van der Waals surface area contributed by atoms with Gasteiger partial charge in [0.15, 0.2) is 0 Å². The Bertz CT molecular complexity index is 893. The summed E-state index contributed by atoms with van der Waals surface area (Å²) in [6, 6.07) is 6.72. The number of aryl methyl sites for hydroxylation is 1. The van der Waals surface area contributed by atoms with E-state index < -0.39 is 5.60 Å². The number of carbonyl (C=O) groups is 1. The van der Waals surface area contributed by atoms with E-state index in [1.807, 2.05) is 29.7 Å². The van der Waals surface area contributed by atoms with Crippen LogP contribution in [0.2, 0.25) is 0 Å². The monoisotopic (exact) mass is 367 g/mol. The topological polar surface area (TPSA) is 58.4 Å². The van der Waals surface area contributed by atoms with Gasteiger partial charge in [-0.15, -0.1) is 0 Å². The third kappa shape index (κ3) is 2.70. The van der Waals surface area contributed by atoms with Crippen molar-refractivity contribution in [2.45, 2.75) is 51.0 Å². The number of likely N-dealkylation sites (tertiary alicyclic amines) is 1. The number of benzene rings is 1. The lowest BCUT2D eigenvalue weighted by molar-refractivity contribution is -0.172. The lowest BCUT2D eigenvalue weighted by Gasteiger charge is -2.61. The van der Waals surface area contributed by atoms with Crippen molar-refractivity contribution in [1.82, 2.24) is 14.7 Å². The molecule has 0 bridgehead atoms. The SMILES string of the molecule is C[C@H](c1ccc2cnn(C)c2c1)C1CC2(C1)CN(C(=O)C1CC(C)(O)C1)C2. The Morgan fingerprint density at radius 1 is 1.26 bits per heavy atom. The predicted molar refractivity (Wildman–Crippen MR) is 104 cm³/mol. The second kappa shape index (κ2) is 5.57. The van der Waals surface area contributed by atoms with Gasteiger partial charge in [-0.2, -0.15) is 5.10 Å². The van der Waals surface area contributed by atoms with Gasteiger partial charge in [0.05, 0.1) is 17.3 Å². The fourth-order valence-electron chi connectivity index (χ4n) is 5.73. The van der Waals surface area contributed by atoms with Crippen LogP contribution >= 0.6 is 0 Å². The number of hydrogen-bond acceptors (Lipinski definition) is 3. The molecule has 1 atom stereocenters. The molecule has 0 unspecified atom stereocenters. The average Bonchev–Trinajstić information content (AvgIpc) is 2.90. The highest BCUT2D eigenvalue weighted by Crippen LogP contribution is 2.57. The summed E-state index contributed by atoms with van der Waals surface area (Å²) in [7, 11) is 2.00. The van der Waals surface area contributed by atoms with Crippen LogP contribution in [0.5, 0.6) is 0 Å². The Morgan fingerprint density at radius 3 is 2.63 bits per heavy atom. The maximum Gasteiger partial charge on any atom is 0.225 e. The van der Waals surface area contributed by atoms with Gasteiger partial charge in [-0.25, -0.2) is 0 Å². The molecule has 27 heavy (non-hydrogen) atoms. The molecular formula is C22H29N3O2. The fourth-order valence-corrected chi connectivity index (χ4v) is 5.73. The molecule has 2 aromatic rings. The lowest BCUT2D eigenvalue weighted by atomic mass is 9.54. The molecule has 1 aliphatic heterocycles. The van der Waals surface area contributed by atoms with Crippen molar-refractivity contribution in [3.05, 3.63) is 30.0 Å². The molecule has 5 rings (SSSR count). The Hall–Kier alpha value is -1.88. The minimum absolute atomic E-state index is 0.0535. The van der Waals surface area contributed by atoms with Crippen LogP contribution in [-0.4, -0.2) is 44.4 Å². The molecular weight excluding hydrogens is 338 g/mol. The van der Waals surface area contributed by atoms with Crippen molar-refractivity contribution in [3.63, 3.8) is 0 Å². The van der Waals surface area contributed by atoms with E-state index in [4.69, 9.17) is 0 Å². The first-order valence-electron chi connectivity index (χ1n) is 10.2. The Morgan fingerprint density at radius 2 is 1.96 bits per heavy atom. The van der Waals surface area contributed by atoms with Gasteiger partial charge in [0.2, 0.25) is 5.91 Å². The summed E-state index contributed by atoms with van der Waals surface area (Å²) in [5.74, 6) is 1.57. The quantitative estimate of drug-likeness (QED) is 0.907. The van der Waals surface area contributed by atoms with E-state index in [0.717, 1.165) is 13.1 Å². The van der Waals surface area contributed by atoms with E-state index in [1.165, 1.54) is 29.3 Å². The van der Waals surface area contributed by atoms with Gasteiger partial charge in [-0.3, -0.25) is 9.48 Å². The largest absolute Gasteiger partial charge is 0.390 e. The number of aromatic nitrogens is 2. The van der Waals surface area contributed by atoms with Crippen LogP contribution in [0.25, 0.3) is 10.9 Å². The Balaban J connectivity index is 1.17. The van der Waals surface area contributed by atoms with Gasteiger partial charge in [-0.1, -0.05) is 19.1 Å². The standard InChI is InChI=1S/C22H29N3O2/c1-14(15-4-5-16-11-23-24(3)19(16)6-15)17-9-22(10-17)12-25(13-22)20(26)18-7-21(2,27)8-18/h4-6,11,14,17-18,27H,7-10,12-13H2,1-3H3/t14-,18?,21?/m1/s1. The normalized spacial score (nSPS) is 30.7. The molecule has 1 N–H and O–H groups in total. The highest BCUT2D eigenvalue weighted by molar-refractivity contribution is 5.81. The van der Waals surface area contributed by atoms with Crippen LogP contribution in [0, 0.1) is 17.3 Å². The molecule has 1 spiro atoms. The first-order chi connectivity index (χ1) is 12.8. The number of hydrogen-bond donors (Lipinski definition) is 1. The molecule has 1 saturated heterocycles. The zero-order valence-electron chi connectivity index (χ0n) is 16.5. The maximum atomic E-state index is 12.5. The highest BCUT2D eigenvalue weighted by atomic mass is 16.3. The van der Waals surface area contributed by atoms with Crippen LogP contribution in [0.3, 0.4) is 0 Å². The zero-order chi connectivity index (χ0) is 19.0. The summed E-state index contributed by atoms with van der Waals surface area (Å²) in [5.41, 5.74) is 2.35. The van der Waals surface area contributed by atoms with Gasteiger partial charge in [0, 0.05) is 36.9 Å². The Kier molecular flexibility index (Phi) is 3.55. The van der Waals surface area contributed by atoms with E-state index >= 15 is 0 Å². The minimum atomic E-state index is -0.616. The second-order valence-corrected chi connectivity index (χ2v) is 9.84. The Labute approximate surface area is 160 Å². The molecule has 3 aliphatic rings. The maximum absolute atomic E-state index is 12.5. The van der Waals surface area contributed by atoms with Crippen LogP contribution in [-0.2, 0) is 11.8 Å². The van der Waals surface area contributed by atoms with E-state index in [2.05, 4.69) is 30.2 Å². The molecule has 0 radical (unpaired) electrons. The van der Waals surface area contributed by atoms with Crippen molar-refractivity contribution in [3.8, 4) is 0 Å². The highest BCUT2D eigenvalue weighted by Gasteiger charge is 2.56. The predicted octanol–water partition coefficient (Wildman–Crippen LogP) is 3.08. The molecule has 5 heteroatoms. The van der Waals surface area contributed by atoms with Gasteiger partial charge in [0.25, 0.3) is 0 Å². The number of rotatable bonds is 3. The van der Waals surface area contributed by atoms with Crippen molar-refractivity contribution < 1.29 is 9.90 Å². The molecule has 3 fully saturated rings. The molecule has 2 aliphatic carbocycles. The van der Waals surface area contributed by atoms with Gasteiger partial charge < -0.3 is 10.0 Å². The van der Waals surface area contributed by atoms with Crippen molar-refractivity contribution >= 4 is 16.8 Å². The molecule has 5 nitrogen and oxygen atoms in total. The van der Waals surface area contributed by atoms with Crippen molar-refractivity contribution in [2.75, 3.05) is 13.1 Å². The number of aliphatic hydroxyl groups is 1. The second-order valence-electron chi connectivity index (χ2n) is 9.84.